The number of halogens is 1. The van der Waals surface area contributed by atoms with Crippen LogP contribution in [0.3, 0.4) is 0 Å². The summed E-state index contributed by atoms with van der Waals surface area (Å²) in [4.78, 5) is 4.04. The van der Waals surface area contributed by atoms with Gasteiger partial charge >= 0.3 is 7.12 Å². The maximum absolute atomic E-state index is 13.8. The van der Waals surface area contributed by atoms with E-state index < -0.39 is 24.1 Å². The minimum Gasteiger partial charge on any atom is -0.398 e. The molecule has 18 heavy (non-hydrogen) atoms. The van der Waals surface area contributed by atoms with Crippen molar-refractivity contribution in [3.05, 3.63) is 23.6 Å². The third-order valence-corrected chi connectivity index (χ3v) is 3.50. The Bertz CT molecular complexity index is 506. The lowest BCUT2D eigenvalue weighted by Crippen LogP contribution is -2.41. The Labute approximate surface area is 107 Å². The molecule has 2 heterocycles. The second kappa shape index (κ2) is 4.08. The summed E-state index contributed by atoms with van der Waals surface area (Å²) < 4.78 is 25.2. The van der Waals surface area contributed by atoms with Crippen LogP contribution in [0, 0.1) is 18.2 Å². The molecule has 0 spiro atoms. The van der Waals surface area contributed by atoms with Crippen LogP contribution in [-0.2, 0) is 9.31 Å². The normalized spacial score (nSPS) is 20.8. The molecular weight excluding hydrogens is 232 g/mol. The number of pyridine rings is 1. The second-order valence-electron chi connectivity index (χ2n) is 5.30. The Morgan fingerprint density at radius 1 is 1.22 bits per heavy atom. The molecule has 0 amide bonds. The highest BCUT2D eigenvalue weighted by Crippen LogP contribution is 2.36. The molecule has 1 saturated heterocycles. The average Bonchev–Trinajstić information content (AvgIpc) is 2.48. The first kappa shape index (κ1) is 13.1. The molecule has 0 atom stereocenters. The van der Waals surface area contributed by atoms with E-state index in [1.165, 1.54) is 12.1 Å². The van der Waals surface area contributed by atoms with Crippen LogP contribution < -0.4 is 5.59 Å². The van der Waals surface area contributed by atoms with Gasteiger partial charge in [-0.2, -0.15) is 0 Å². The van der Waals surface area contributed by atoms with Crippen LogP contribution in [0.1, 0.15) is 33.4 Å². The fraction of sp³-hybridized carbons (Fsp3) is 0.462. The van der Waals surface area contributed by atoms with Crippen molar-refractivity contribution in [2.75, 3.05) is 0 Å². The van der Waals surface area contributed by atoms with Gasteiger partial charge in [0, 0.05) is 0 Å². The molecule has 0 bridgehead atoms. The smallest absolute Gasteiger partial charge is 0.398 e. The van der Waals surface area contributed by atoms with E-state index in [-0.39, 0.29) is 5.59 Å². The van der Waals surface area contributed by atoms with Gasteiger partial charge in [-0.1, -0.05) is 5.92 Å². The zero-order valence-electron chi connectivity index (χ0n) is 11.0. The molecule has 1 aromatic heterocycles. The highest BCUT2D eigenvalue weighted by Gasteiger charge is 2.53. The number of nitrogens with zero attached hydrogens (tertiary/aromatic N) is 1. The molecule has 0 saturated carbocycles. The van der Waals surface area contributed by atoms with Crippen LogP contribution in [0.25, 0.3) is 0 Å². The van der Waals surface area contributed by atoms with Crippen molar-refractivity contribution < 1.29 is 13.7 Å². The lowest BCUT2D eigenvalue weighted by atomic mass is 9.83. The van der Waals surface area contributed by atoms with Gasteiger partial charge in [0.05, 0.1) is 11.2 Å². The van der Waals surface area contributed by atoms with Gasteiger partial charge < -0.3 is 9.31 Å². The molecular formula is C13H15BFNO2. The Kier molecular flexibility index (Phi) is 2.96. The summed E-state index contributed by atoms with van der Waals surface area (Å²) in [7, 11) is -0.830. The monoisotopic (exact) mass is 247 g/mol. The summed E-state index contributed by atoms with van der Waals surface area (Å²) in [6, 6.07) is 2.73. The maximum atomic E-state index is 13.8. The zero-order chi connectivity index (χ0) is 13.6. The minimum absolute atomic E-state index is 0.101. The Balaban J connectivity index is 2.38. The minimum atomic E-state index is -0.830. The van der Waals surface area contributed by atoms with E-state index >= 15 is 0 Å². The molecule has 0 aliphatic carbocycles. The van der Waals surface area contributed by atoms with Crippen LogP contribution >= 0.6 is 0 Å². The van der Waals surface area contributed by atoms with Gasteiger partial charge in [0.1, 0.15) is 17.1 Å². The van der Waals surface area contributed by atoms with Crippen LogP contribution in [0.2, 0.25) is 0 Å². The van der Waals surface area contributed by atoms with Gasteiger partial charge in [0.2, 0.25) is 0 Å². The average molecular weight is 247 g/mol. The fourth-order valence-corrected chi connectivity index (χ4v) is 1.66. The summed E-state index contributed by atoms with van der Waals surface area (Å²) in [5.74, 6) is 1.89. The second-order valence-corrected chi connectivity index (χ2v) is 5.30. The molecule has 94 valence electrons. The molecule has 0 radical (unpaired) electrons. The standard InChI is InChI=1S/C13H15BFNO2/c1-6-9-7-8-10(15)11(16-9)14-17-12(2,3)13(4,5)18-14/h1,7-8H,2-5H3. The van der Waals surface area contributed by atoms with Crippen molar-refractivity contribution >= 4 is 12.7 Å². The van der Waals surface area contributed by atoms with Crippen LogP contribution in [-0.4, -0.2) is 23.3 Å². The van der Waals surface area contributed by atoms with Crippen molar-refractivity contribution in [3.63, 3.8) is 0 Å². The predicted molar refractivity (Wildman–Crippen MR) is 67.8 cm³/mol. The van der Waals surface area contributed by atoms with E-state index in [4.69, 9.17) is 15.7 Å². The molecule has 2 rings (SSSR count). The Morgan fingerprint density at radius 3 is 2.28 bits per heavy atom. The van der Waals surface area contributed by atoms with Crippen LogP contribution in [0.5, 0.6) is 0 Å². The first-order valence-corrected chi connectivity index (χ1v) is 5.75. The molecule has 5 heteroatoms. The van der Waals surface area contributed by atoms with Crippen molar-refractivity contribution in [3.8, 4) is 12.3 Å². The summed E-state index contributed by atoms with van der Waals surface area (Å²) in [6.45, 7) is 7.59. The van der Waals surface area contributed by atoms with E-state index in [0.717, 1.165) is 0 Å². The molecule has 0 unspecified atom stereocenters. The van der Waals surface area contributed by atoms with Crippen LogP contribution in [0.4, 0.5) is 4.39 Å². The molecule has 0 N–H and O–H groups in total. The molecule has 1 fully saturated rings. The van der Waals surface area contributed by atoms with Gasteiger partial charge in [-0.15, -0.1) is 6.42 Å². The van der Waals surface area contributed by atoms with Crippen molar-refractivity contribution in [1.82, 2.24) is 4.98 Å². The summed E-state index contributed by atoms with van der Waals surface area (Å²) in [6.07, 6.45) is 5.26. The topological polar surface area (TPSA) is 31.4 Å². The molecule has 1 aromatic rings. The maximum Gasteiger partial charge on any atom is 0.517 e. The van der Waals surface area contributed by atoms with Crippen molar-refractivity contribution in [2.45, 2.75) is 38.9 Å². The summed E-state index contributed by atoms with van der Waals surface area (Å²) >= 11 is 0. The highest BCUT2D eigenvalue weighted by atomic mass is 19.1. The first-order chi connectivity index (χ1) is 8.27. The number of terminal acetylenes is 1. The first-order valence-electron chi connectivity index (χ1n) is 5.75. The molecule has 3 nitrogen and oxygen atoms in total. The quantitative estimate of drug-likeness (QED) is 0.556. The third-order valence-electron chi connectivity index (χ3n) is 3.50. The SMILES string of the molecule is C#Cc1ccc(F)c(B2OC(C)(C)C(C)(C)O2)n1. The Morgan fingerprint density at radius 2 is 1.78 bits per heavy atom. The van der Waals surface area contributed by atoms with Gasteiger partial charge in [-0.3, -0.25) is 0 Å². The largest absolute Gasteiger partial charge is 0.517 e. The number of hydrogen-bond donors (Lipinski definition) is 0. The van der Waals surface area contributed by atoms with Crippen molar-refractivity contribution in [2.24, 2.45) is 0 Å². The van der Waals surface area contributed by atoms with E-state index in [2.05, 4.69) is 10.9 Å². The lowest BCUT2D eigenvalue weighted by molar-refractivity contribution is 0.00578. The zero-order valence-corrected chi connectivity index (χ0v) is 11.0. The predicted octanol–water partition coefficient (Wildman–Crippen LogP) is 1.50. The van der Waals surface area contributed by atoms with Gasteiger partial charge in [0.15, 0.2) is 0 Å². The fourth-order valence-electron chi connectivity index (χ4n) is 1.66. The number of hydrogen-bond acceptors (Lipinski definition) is 3. The van der Waals surface area contributed by atoms with Gasteiger partial charge in [-0.05, 0) is 39.8 Å². The number of rotatable bonds is 1. The third kappa shape index (κ3) is 2.02. The Hall–Kier alpha value is -1.38. The van der Waals surface area contributed by atoms with E-state index in [1.54, 1.807) is 0 Å². The molecule has 1 aliphatic rings. The number of aromatic nitrogens is 1. The van der Waals surface area contributed by atoms with Gasteiger partial charge in [0.25, 0.3) is 0 Å². The summed E-state index contributed by atoms with van der Waals surface area (Å²) in [5.41, 5.74) is -0.596. The highest BCUT2D eigenvalue weighted by molar-refractivity contribution is 6.61. The lowest BCUT2D eigenvalue weighted by Gasteiger charge is -2.32. The van der Waals surface area contributed by atoms with Crippen molar-refractivity contribution in [1.29, 1.82) is 0 Å². The van der Waals surface area contributed by atoms with E-state index in [9.17, 15) is 4.39 Å². The van der Waals surface area contributed by atoms with E-state index in [0.29, 0.717) is 5.69 Å². The summed E-state index contributed by atoms with van der Waals surface area (Å²) in [5, 5.41) is 0. The van der Waals surface area contributed by atoms with E-state index in [1.807, 2.05) is 27.7 Å². The molecule has 1 aliphatic heterocycles. The van der Waals surface area contributed by atoms with Gasteiger partial charge in [-0.25, -0.2) is 9.37 Å². The molecule has 0 aromatic carbocycles. The van der Waals surface area contributed by atoms with Crippen LogP contribution in [0.15, 0.2) is 12.1 Å².